The van der Waals surface area contributed by atoms with Crippen LogP contribution in [-0.2, 0) is 0 Å². The van der Waals surface area contributed by atoms with E-state index in [9.17, 15) is 5.11 Å². The Morgan fingerprint density at radius 1 is 1.14 bits per heavy atom. The number of benzene rings is 2. The van der Waals surface area contributed by atoms with Crippen LogP contribution in [0.4, 0.5) is 11.6 Å². The van der Waals surface area contributed by atoms with Crippen LogP contribution in [0.5, 0.6) is 0 Å². The summed E-state index contributed by atoms with van der Waals surface area (Å²) in [4.78, 5) is 8.83. The molecule has 1 atom stereocenters. The Balaban J connectivity index is 1.91. The largest absolute Gasteiger partial charge is 0.389 e. The fourth-order valence-corrected chi connectivity index (χ4v) is 2.22. The summed E-state index contributed by atoms with van der Waals surface area (Å²) in [6.07, 6.45) is 1.32. The molecule has 4 heteroatoms. The Labute approximate surface area is 123 Å². The molecule has 1 heterocycles. The Morgan fingerprint density at radius 2 is 2.00 bits per heavy atom. The summed E-state index contributed by atoms with van der Waals surface area (Å²) in [6, 6.07) is 13.7. The standard InChI is InChI=1S/C17H17N3O/c1-11-6-7-16-14(8-11)10-18-17(20-16)19-15-5-3-4-13(9-15)12(2)21/h3-10,12,21H,1-2H3,(H,18,19,20). The van der Waals surface area contributed by atoms with Gasteiger partial charge in [0.15, 0.2) is 0 Å². The second kappa shape index (κ2) is 5.50. The average molecular weight is 279 g/mol. The van der Waals surface area contributed by atoms with E-state index in [1.54, 1.807) is 6.92 Å². The van der Waals surface area contributed by atoms with Crippen LogP contribution in [0.2, 0.25) is 0 Å². The minimum absolute atomic E-state index is 0.493. The minimum Gasteiger partial charge on any atom is -0.389 e. The van der Waals surface area contributed by atoms with Crippen molar-refractivity contribution in [3.63, 3.8) is 0 Å². The molecule has 4 nitrogen and oxygen atoms in total. The maximum Gasteiger partial charge on any atom is 0.227 e. The zero-order valence-electron chi connectivity index (χ0n) is 12.0. The average Bonchev–Trinajstić information content (AvgIpc) is 2.48. The van der Waals surface area contributed by atoms with E-state index in [4.69, 9.17) is 0 Å². The van der Waals surface area contributed by atoms with Gasteiger partial charge in [0.05, 0.1) is 11.6 Å². The van der Waals surface area contributed by atoms with Crippen molar-refractivity contribution in [1.82, 2.24) is 9.97 Å². The third kappa shape index (κ3) is 3.01. The third-order valence-corrected chi connectivity index (χ3v) is 3.36. The Hall–Kier alpha value is -2.46. The van der Waals surface area contributed by atoms with Crippen LogP contribution in [0, 0.1) is 6.92 Å². The van der Waals surface area contributed by atoms with Gasteiger partial charge < -0.3 is 10.4 Å². The molecule has 2 aromatic carbocycles. The summed E-state index contributed by atoms with van der Waals surface area (Å²) in [7, 11) is 0. The summed E-state index contributed by atoms with van der Waals surface area (Å²) >= 11 is 0. The third-order valence-electron chi connectivity index (χ3n) is 3.36. The van der Waals surface area contributed by atoms with Crippen molar-refractivity contribution in [2.75, 3.05) is 5.32 Å². The van der Waals surface area contributed by atoms with Gasteiger partial charge in [-0.1, -0.05) is 23.8 Å². The Morgan fingerprint density at radius 3 is 2.81 bits per heavy atom. The van der Waals surface area contributed by atoms with Crippen molar-refractivity contribution in [3.05, 3.63) is 59.8 Å². The number of fused-ring (bicyclic) bond motifs is 1. The summed E-state index contributed by atoms with van der Waals surface area (Å²) in [5.41, 5.74) is 3.82. The number of hydrogen-bond donors (Lipinski definition) is 2. The molecular formula is C17H17N3O. The van der Waals surface area contributed by atoms with Gasteiger partial charge in [-0.05, 0) is 43.7 Å². The lowest BCUT2D eigenvalue weighted by Crippen LogP contribution is -1.98. The molecule has 3 aromatic rings. The molecule has 0 fully saturated rings. The monoisotopic (exact) mass is 279 g/mol. The van der Waals surface area contributed by atoms with Crippen molar-refractivity contribution < 1.29 is 5.11 Å². The molecule has 0 saturated carbocycles. The first-order valence-electron chi connectivity index (χ1n) is 6.90. The van der Waals surface area contributed by atoms with Gasteiger partial charge in [0.1, 0.15) is 0 Å². The molecule has 1 unspecified atom stereocenters. The number of hydrogen-bond acceptors (Lipinski definition) is 4. The van der Waals surface area contributed by atoms with E-state index in [0.717, 1.165) is 22.2 Å². The first-order chi connectivity index (χ1) is 10.1. The highest BCUT2D eigenvalue weighted by molar-refractivity contribution is 5.79. The molecule has 3 rings (SSSR count). The fraction of sp³-hybridized carbons (Fsp3) is 0.176. The zero-order valence-corrected chi connectivity index (χ0v) is 12.0. The quantitative estimate of drug-likeness (QED) is 0.767. The van der Waals surface area contributed by atoms with E-state index >= 15 is 0 Å². The van der Waals surface area contributed by atoms with E-state index in [2.05, 4.69) is 21.4 Å². The normalized spacial score (nSPS) is 12.3. The number of aromatic nitrogens is 2. The van der Waals surface area contributed by atoms with Crippen LogP contribution in [0.15, 0.2) is 48.7 Å². The number of aliphatic hydroxyl groups excluding tert-OH is 1. The number of aryl methyl sites for hydroxylation is 1. The van der Waals surface area contributed by atoms with E-state index in [1.807, 2.05) is 49.5 Å². The van der Waals surface area contributed by atoms with E-state index in [1.165, 1.54) is 5.56 Å². The lowest BCUT2D eigenvalue weighted by atomic mass is 10.1. The van der Waals surface area contributed by atoms with Crippen molar-refractivity contribution >= 4 is 22.5 Å². The summed E-state index contributed by atoms with van der Waals surface area (Å²) < 4.78 is 0. The SMILES string of the molecule is Cc1ccc2nc(Nc3cccc(C(C)O)c3)ncc2c1. The van der Waals surface area contributed by atoms with Crippen LogP contribution < -0.4 is 5.32 Å². The first kappa shape index (κ1) is 13.5. The van der Waals surface area contributed by atoms with Gasteiger partial charge in [-0.25, -0.2) is 9.97 Å². The number of rotatable bonds is 3. The predicted molar refractivity (Wildman–Crippen MR) is 84.6 cm³/mol. The molecule has 0 radical (unpaired) electrons. The van der Waals surface area contributed by atoms with Crippen LogP contribution in [-0.4, -0.2) is 15.1 Å². The van der Waals surface area contributed by atoms with Crippen molar-refractivity contribution in [2.24, 2.45) is 0 Å². The molecule has 0 amide bonds. The molecular weight excluding hydrogens is 262 g/mol. The topological polar surface area (TPSA) is 58.0 Å². The molecule has 21 heavy (non-hydrogen) atoms. The Bertz CT molecular complexity index is 784. The molecule has 1 aromatic heterocycles. The summed E-state index contributed by atoms with van der Waals surface area (Å²) in [6.45, 7) is 3.79. The van der Waals surface area contributed by atoms with Crippen LogP contribution in [0.3, 0.4) is 0 Å². The number of anilines is 2. The second-order valence-corrected chi connectivity index (χ2v) is 5.18. The van der Waals surface area contributed by atoms with Gasteiger partial charge >= 0.3 is 0 Å². The second-order valence-electron chi connectivity index (χ2n) is 5.18. The molecule has 0 saturated heterocycles. The van der Waals surface area contributed by atoms with Gasteiger partial charge in [0, 0.05) is 17.3 Å². The number of nitrogens with one attached hydrogen (secondary N) is 1. The molecule has 0 aliphatic heterocycles. The molecule has 106 valence electrons. The fourth-order valence-electron chi connectivity index (χ4n) is 2.22. The molecule has 0 bridgehead atoms. The summed E-state index contributed by atoms with van der Waals surface area (Å²) in [5, 5.41) is 13.8. The molecule has 2 N–H and O–H groups in total. The van der Waals surface area contributed by atoms with E-state index < -0.39 is 6.10 Å². The highest BCUT2D eigenvalue weighted by Gasteiger charge is 2.04. The van der Waals surface area contributed by atoms with Crippen LogP contribution >= 0.6 is 0 Å². The van der Waals surface area contributed by atoms with E-state index in [-0.39, 0.29) is 0 Å². The smallest absolute Gasteiger partial charge is 0.227 e. The molecule has 0 aliphatic rings. The summed E-state index contributed by atoms with van der Waals surface area (Å²) in [5.74, 6) is 0.550. The van der Waals surface area contributed by atoms with Crippen molar-refractivity contribution in [3.8, 4) is 0 Å². The maximum atomic E-state index is 9.62. The molecule has 0 spiro atoms. The first-order valence-corrected chi connectivity index (χ1v) is 6.90. The van der Waals surface area contributed by atoms with Gasteiger partial charge in [-0.15, -0.1) is 0 Å². The zero-order chi connectivity index (χ0) is 14.8. The highest BCUT2D eigenvalue weighted by atomic mass is 16.3. The minimum atomic E-state index is -0.493. The van der Waals surface area contributed by atoms with Gasteiger partial charge in [0.25, 0.3) is 0 Å². The van der Waals surface area contributed by atoms with Crippen LogP contribution in [0.1, 0.15) is 24.2 Å². The number of aliphatic hydroxyl groups is 1. The lowest BCUT2D eigenvalue weighted by molar-refractivity contribution is 0.199. The predicted octanol–water partition coefficient (Wildman–Crippen LogP) is 3.74. The maximum absolute atomic E-state index is 9.62. The highest BCUT2D eigenvalue weighted by Crippen LogP contribution is 2.20. The number of nitrogens with zero attached hydrogens (tertiary/aromatic N) is 2. The van der Waals surface area contributed by atoms with Gasteiger partial charge in [0.2, 0.25) is 5.95 Å². The van der Waals surface area contributed by atoms with Crippen LogP contribution in [0.25, 0.3) is 10.9 Å². The van der Waals surface area contributed by atoms with Gasteiger partial charge in [-0.2, -0.15) is 0 Å². The van der Waals surface area contributed by atoms with Crippen molar-refractivity contribution in [2.45, 2.75) is 20.0 Å². The van der Waals surface area contributed by atoms with Crippen molar-refractivity contribution in [1.29, 1.82) is 0 Å². The Kier molecular flexibility index (Phi) is 3.54. The van der Waals surface area contributed by atoms with E-state index in [0.29, 0.717) is 5.95 Å². The lowest BCUT2D eigenvalue weighted by Gasteiger charge is -2.09. The van der Waals surface area contributed by atoms with Gasteiger partial charge in [-0.3, -0.25) is 0 Å². The molecule has 0 aliphatic carbocycles.